The molecule has 25 heavy (non-hydrogen) atoms. The highest BCUT2D eigenvalue weighted by atomic mass is 32.2. The van der Waals surface area contributed by atoms with E-state index in [1.807, 2.05) is 0 Å². The molecule has 2 N–H and O–H groups in total. The van der Waals surface area contributed by atoms with Crippen LogP contribution in [0.4, 0.5) is 13.2 Å². The summed E-state index contributed by atoms with van der Waals surface area (Å²) in [6, 6.07) is 5.52. The maximum atomic E-state index is 12.8. The van der Waals surface area contributed by atoms with Gasteiger partial charge in [0.1, 0.15) is 0 Å². The Morgan fingerprint density at radius 3 is 2.56 bits per heavy atom. The summed E-state index contributed by atoms with van der Waals surface area (Å²) in [5.74, 6) is -1.04. The minimum Gasteiger partial charge on any atom is -0.476 e. The van der Waals surface area contributed by atoms with Gasteiger partial charge in [-0.25, -0.2) is 4.79 Å². The normalized spacial score (nSPS) is 21.2. The van der Waals surface area contributed by atoms with E-state index in [1.54, 1.807) is 6.07 Å². The van der Waals surface area contributed by atoms with Gasteiger partial charge in [0.15, 0.2) is 5.03 Å². The number of H-pyrrole nitrogens is 1. The Hall–Kier alpha value is -2.03. The van der Waals surface area contributed by atoms with Crippen molar-refractivity contribution in [2.24, 2.45) is 0 Å². The summed E-state index contributed by atoms with van der Waals surface area (Å²) < 4.78 is 38.5. The molecule has 134 valence electrons. The molecule has 0 spiro atoms. The monoisotopic (exact) mass is 371 g/mol. The quantitative estimate of drug-likeness (QED) is 0.836. The number of carboxylic acid groups (broad SMARTS) is 1. The third kappa shape index (κ3) is 4.15. The van der Waals surface area contributed by atoms with E-state index in [-0.39, 0.29) is 16.9 Å². The first kappa shape index (κ1) is 17.8. The van der Waals surface area contributed by atoms with Crippen molar-refractivity contribution in [2.75, 3.05) is 0 Å². The molecule has 1 saturated carbocycles. The average Bonchev–Trinajstić information content (AvgIpc) is 3.03. The number of benzene rings is 1. The van der Waals surface area contributed by atoms with Crippen LogP contribution in [0.5, 0.6) is 0 Å². The maximum absolute atomic E-state index is 12.8. The average molecular weight is 371 g/mol. The number of thioether (sulfide) groups is 1. The fourth-order valence-corrected chi connectivity index (χ4v) is 4.25. The topological polar surface area (TPSA) is 78.9 Å². The molecule has 0 saturated heterocycles. The standard InChI is InChI=1S/C16H16F3N3O2S/c17-16(18,19)11-3-1-2-10(8-11)9-4-6-12(7-5-9)25-14-13(15(23)24)20-22-21-14/h1-3,8-9,12H,4-7H2,(H,23,24)(H,20,21,22). The zero-order valence-corrected chi connectivity index (χ0v) is 13.9. The second-order valence-corrected chi connectivity index (χ2v) is 7.29. The summed E-state index contributed by atoms with van der Waals surface area (Å²) in [6.45, 7) is 0. The first-order chi connectivity index (χ1) is 11.8. The van der Waals surface area contributed by atoms with Gasteiger partial charge in [0.25, 0.3) is 0 Å². The number of aromatic amines is 1. The second-order valence-electron chi connectivity index (χ2n) is 6.00. The third-order valence-electron chi connectivity index (χ3n) is 4.36. The van der Waals surface area contributed by atoms with Crippen molar-refractivity contribution in [1.29, 1.82) is 0 Å². The van der Waals surface area contributed by atoms with Crippen molar-refractivity contribution in [3.63, 3.8) is 0 Å². The van der Waals surface area contributed by atoms with Crippen LogP contribution in [0.25, 0.3) is 0 Å². The van der Waals surface area contributed by atoms with Crippen LogP contribution in [0.2, 0.25) is 0 Å². The number of aromatic nitrogens is 3. The largest absolute Gasteiger partial charge is 0.476 e. The number of carbonyl (C=O) groups is 1. The predicted molar refractivity (Wildman–Crippen MR) is 85.6 cm³/mol. The Labute approximate surface area is 146 Å². The van der Waals surface area contributed by atoms with Crippen LogP contribution in [0.3, 0.4) is 0 Å². The Morgan fingerprint density at radius 2 is 1.92 bits per heavy atom. The van der Waals surface area contributed by atoms with Crippen LogP contribution >= 0.6 is 11.8 Å². The molecule has 0 unspecified atom stereocenters. The first-order valence-electron chi connectivity index (χ1n) is 7.82. The van der Waals surface area contributed by atoms with Crippen LogP contribution in [-0.2, 0) is 6.18 Å². The fraction of sp³-hybridized carbons (Fsp3) is 0.438. The lowest BCUT2D eigenvalue weighted by atomic mass is 9.83. The van der Waals surface area contributed by atoms with E-state index >= 15 is 0 Å². The van der Waals surface area contributed by atoms with Crippen molar-refractivity contribution < 1.29 is 23.1 Å². The number of halogens is 3. The Morgan fingerprint density at radius 1 is 1.20 bits per heavy atom. The van der Waals surface area contributed by atoms with Crippen LogP contribution in [0.15, 0.2) is 29.3 Å². The molecule has 0 bridgehead atoms. The maximum Gasteiger partial charge on any atom is 0.416 e. The molecule has 1 aliphatic rings. The highest BCUT2D eigenvalue weighted by Crippen LogP contribution is 2.41. The molecule has 0 aliphatic heterocycles. The van der Waals surface area contributed by atoms with E-state index in [0.29, 0.717) is 10.6 Å². The lowest BCUT2D eigenvalue weighted by Crippen LogP contribution is -2.16. The summed E-state index contributed by atoms with van der Waals surface area (Å²) in [5, 5.41) is 19.4. The van der Waals surface area contributed by atoms with E-state index < -0.39 is 17.7 Å². The molecule has 1 aromatic carbocycles. The summed E-state index contributed by atoms with van der Waals surface area (Å²) >= 11 is 1.37. The first-order valence-corrected chi connectivity index (χ1v) is 8.70. The number of alkyl halides is 3. The highest BCUT2D eigenvalue weighted by Gasteiger charge is 2.32. The van der Waals surface area contributed by atoms with Gasteiger partial charge >= 0.3 is 12.1 Å². The van der Waals surface area contributed by atoms with Gasteiger partial charge in [-0.2, -0.15) is 18.4 Å². The minimum atomic E-state index is -4.33. The van der Waals surface area contributed by atoms with Gasteiger partial charge in [0.2, 0.25) is 5.69 Å². The van der Waals surface area contributed by atoms with Crippen LogP contribution in [0, 0.1) is 0 Å². The summed E-state index contributed by atoms with van der Waals surface area (Å²) in [5.41, 5.74) is 0.00568. The molecule has 0 amide bonds. The van der Waals surface area contributed by atoms with Gasteiger partial charge in [0.05, 0.1) is 5.56 Å². The van der Waals surface area contributed by atoms with Gasteiger partial charge in [-0.1, -0.05) is 30.0 Å². The molecule has 0 atom stereocenters. The second kappa shape index (κ2) is 7.07. The molecule has 1 aliphatic carbocycles. The Balaban J connectivity index is 1.62. The molecule has 9 heteroatoms. The van der Waals surface area contributed by atoms with Gasteiger partial charge in [0, 0.05) is 5.25 Å². The molecular formula is C16H16F3N3O2S. The van der Waals surface area contributed by atoms with Gasteiger partial charge in [-0.3, -0.25) is 0 Å². The molecule has 0 radical (unpaired) electrons. The summed E-state index contributed by atoms with van der Waals surface area (Å²) in [4.78, 5) is 11.0. The number of nitrogens with one attached hydrogen (secondary N) is 1. The zero-order chi connectivity index (χ0) is 18.0. The minimum absolute atomic E-state index is 0.0926. The number of carboxylic acids is 1. The molecule has 1 aromatic heterocycles. The smallest absolute Gasteiger partial charge is 0.416 e. The van der Waals surface area contributed by atoms with Gasteiger partial charge < -0.3 is 5.11 Å². The van der Waals surface area contributed by atoms with E-state index in [9.17, 15) is 18.0 Å². The fourth-order valence-electron chi connectivity index (χ4n) is 3.08. The molecule has 1 heterocycles. The van der Waals surface area contributed by atoms with Crippen molar-refractivity contribution in [3.8, 4) is 0 Å². The molecular weight excluding hydrogens is 355 g/mol. The lowest BCUT2D eigenvalue weighted by Gasteiger charge is -2.28. The van der Waals surface area contributed by atoms with E-state index in [2.05, 4.69) is 15.4 Å². The lowest BCUT2D eigenvalue weighted by molar-refractivity contribution is -0.137. The Kier molecular flexibility index (Phi) is 5.03. The number of nitrogens with zero attached hydrogens (tertiary/aromatic N) is 2. The van der Waals surface area contributed by atoms with Crippen molar-refractivity contribution in [1.82, 2.24) is 15.4 Å². The number of hydrogen-bond donors (Lipinski definition) is 2. The number of rotatable bonds is 4. The molecule has 3 rings (SSSR count). The summed E-state index contributed by atoms with van der Waals surface area (Å²) in [6.07, 6.45) is -1.23. The predicted octanol–water partition coefficient (Wildman–Crippen LogP) is 4.34. The van der Waals surface area contributed by atoms with Crippen molar-refractivity contribution in [2.45, 2.75) is 48.1 Å². The van der Waals surface area contributed by atoms with Crippen LogP contribution in [0.1, 0.15) is 53.2 Å². The van der Waals surface area contributed by atoms with Crippen LogP contribution in [-0.4, -0.2) is 31.7 Å². The van der Waals surface area contributed by atoms with Crippen LogP contribution < -0.4 is 0 Å². The molecule has 5 nitrogen and oxygen atoms in total. The van der Waals surface area contributed by atoms with Gasteiger partial charge in [-0.15, -0.1) is 10.2 Å². The van der Waals surface area contributed by atoms with E-state index in [1.165, 1.54) is 23.9 Å². The molecule has 2 aromatic rings. The van der Waals surface area contributed by atoms with E-state index in [0.717, 1.165) is 31.7 Å². The highest BCUT2D eigenvalue weighted by molar-refractivity contribution is 7.99. The third-order valence-corrected chi connectivity index (χ3v) is 5.67. The number of aromatic carboxylic acids is 1. The molecule has 1 fully saturated rings. The summed E-state index contributed by atoms with van der Waals surface area (Å²) in [7, 11) is 0. The zero-order valence-electron chi connectivity index (χ0n) is 13.1. The van der Waals surface area contributed by atoms with E-state index in [4.69, 9.17) is 5.11 Å². The Bertz CT molecular complexity index is 755. The van der Waals surface area contributed by atoms with Crippen molar-refractivity contribution >= 4 is 17.7 Å². The van der Waals surface area contributed by atoms with Crippen molar-refractivity contribution in [3.05, 3.63) is 41.1 Å². The SMILES string of the molecule is O=C(O)c1n[nH]nc1SC1CCC(c2cccc(C(F)(F)F)c2)CC1. The number of hydrogen-bond acceptors (Lipinski definition) is 4. The van der Waals surface area contributed by atoms with Gasteiger partial charge in [-0.05, 0) is 43.2 Å².